The maximum Gasteiger partial charge on any atom is 0.317 e. The van der Waals surface area contributed by atoms with Gasteiger partial charge >= 0.3 is 6.03 Å². The molecule has 2 aliphatic carbocycles. The molecule has 114 valence electrons. The van der Waals surface area contributed by atoms with Crippen molar-refractivity contribution in [3.05, 3.63) is 35.9 Å². The Balaban J connectivity index is 1.58. The van der Waals surface area contributed by atoms with E-state index in [0.717, 1.165) is 12.8 Å². The molecule has 0 radical (unpaired) electrons. The fourth-order valence-electron chi connectivity index (χ4n) is 2.80. The molecule has 2 amide bonds. The number of nitrogens with one attached hydrogen (secondary N) is 1. The summed E-state index contributed by atoms with van der Waals surface area (Å²) in [6.45, 7) is 0.419. The van der Waals surface area contributed by atoms with Crippen LogP contribution in [0, 0.1) is 11.8 Å². The lowest BCUT2D eigenvalue weighted by Crippen LogP contribution is -2.43. The normalized spacial score (nSPS) is 20.7. The van der Waals surface area contributed by atoms with Crippen molar-refractivity contribution in [2.75, 3.05) is 13.6 Å². The van der Waals surface area contributed by atoms with E-state index in [1.165, 1.54) is 18.4 Å². The Kier molecular flexibility index (Phi) is 4.15. The van der Waals surface area contributed by atoms with Crippen LogP contribution in [0.25, 0.3) is 0 Å². The van der Waals surface area contributed by atoms with E-state index in [2.05, 4.69) is 17.4 Å². The fraction of sp³-hybridized carbons (Fsp3) is 0.588. The van der Waals surface area contributed by atoms with E-state index >= 15 is 0 Å². The maximum absolute atomic E-state index is 12.3. The van der Waals surface area contributed by atoms with Crippen LogP contribution in [0.2, 0.25) is 0 Å². The summed E-state index contributed by atoms with van der Waals surface area (Å²) < 4.78 is 0. The monoisotopic (exact) mass is 288 g/mol. The predicted octanol–water partition coefficient (Wildman–Crippen LogP) is 2.55. The van der Waals surface area contributed by atoms with Crippen LogP contribution in [0.4, 0.5) is 4.79 Å². The Hall–Kier alpha value is -1.55. The number of aliphatic hydroxyl groups excluding tert-OH is 1. The first-order valence-electron chi connectivity index (χ1n) is 7.90. The third-order valence-corrected chi connectivity index (χ3v) is 4.50. The molecule has 4 heteroatoms. The van der Waals surface area contributed by atoms with Crippen molar-refractivity contribution in [1.29, 1.82) is 0 Å². The molecule has 2 unspecified atom stereocenters. The number of urea groups is 1. The van der Waals surface area contributed by atoms with Gasteiger partial charge in [0.15, 0.2) is 0 Å². The van der Waals surface area contributed by atoms with Gasteiger partial charge in [-0.3, -0.25) is 0 Å². The molecule has 0 spiro atoms. The average Bonchev–Trinajstić information content (AvgIpc) is 3.38. The molecule has 3 rings (SSSR count). The van der Waals surface area contributed by atoms with Crippen LogP contribution in [-0.4, -0.2) is 35.7 Å². The maximum atomic E-state index is 12.3. The summed E-state index contributed by atoms with van der Waals surface area (Å²) in [4.78, 5) is 14.0. The van der Waals surface area contributed by atoms with Crippen molar-refractivity contribution in [3.8, 4) is 0 Å². The molecule has 2 fully saturated rings. The number of carbonyl (C=O) groups is 1. The summed E-state index contributed by atoms with van der Waals surface area (Å²) in [5.41, 5.74) is 1.17. The number of amides is 2. The van der Waals surface area contributed by atoms with Crippen molar-refractivity contribution in [3.63, 3.8) is 0 Å². The van der Waals surface area contributed by atoms with Gasteiger partial charge in [0.1, 0.15) is 0 Å². The van der Waals surface area contributed by atoms with Crippen LogP contribution >= 0.6 is 0 Å². The lowest BCUT2D eigenvalue weighted by atomic mass is 10.0. The third-order valence-electron chi connectivity index (χ3n) is 4.50. The zero-order valence-electron chi connectivity index (χ0n) is 12.5. The highest BCUT2D eigenvalue weighted by Crippen LogP contribution is 2.41. The van der Waals surface area contributed by atoms with Gasteiger partial charge in [-0.25, -0.2) is 4.79 Å². The number of nitrogens with zero attached hydrogens (tertiary/aromatic N) is 1. The molecule has 0 heterocycles. The number of carbonyl (C=O) groups excluding carboxylic acids is 1. The number of aliphatic hydroxyl groups is 1. The average molecular weight is 288 g/mol. The van der Waals surface area contributed by atoms with Crippen LogP contribution in [0.15, 0.2) is 30.3 Å². The highest BCUT2D eigenvalue weighted by molar-refractivity contribution is 5.74. The van der Waals surface area contributed by atoms with Gasteiger partial charge in [-0.05, 0) is 43.1 Å². The van der Waals surface area contributed by atoms with Crippen molar-refractivity contribution in [2.24, 2.45) is 11.8 Å². The van der Waals surface area contributed by atoms with Crippen molar-refractivity contribution in [2.45, 2.75) is 37.8 Å². The molecule has 2 atom stereocenters. The molecule has 0 aromatic heterocycles. The number of benzene rings is 1. The molecular weight excluding hydrogens is 264 g/mol. The minimum Gasteiger partial charge on any atom is -0.391 e. The fourth-order valence-corrected chi connectivity index (χ4v) is 2.80. The highest BCUT2D eigenvalue weighted by atomic mass is 16.3. The van der Waals surface area contributed by atoms with Gasteiger partial charge in [-0.2, -0.15) is 0 Å². The SMILES string of the molecule is CN(CC(O)C1CC1)C(=O)NC(c1ccccc1)C1CC1. The van der Waals surface area contributed by atoms with Gasteiger partial charge in [0.05, 0.1) is 12.1 Å². The highest BCUT2D eigenvalue weighted by Gasteiger charge is 2.35. The first-order valence-corrected chi connectivity index (χ1v) is 7.90. The lowest BCUT2D eigenvalue weighted by Gasteiger charge is -2.25. The van der Waals surface area contributed by atoms with Crippen LogP contribution in [0.1, 0.15) is 37.3 Å². The van der Waals surface area contributed by atoms with E-state index in [1.54, 1.807) is 11.9 Å². The van der Waals surface area contributed by atoms with Gasteiger partial charge in [0.25, 0.3) is 0 Å². The molecule has 4 nitrogen and oxygen atoms in total. The Morgan fingerprint density at radius 1 is 1.24 bits per heavy atom. The molecule has 0 aliphatic heterocycles. The number of rotatable bonds is 6. The Morgan fingerprint density at radius 3 is 2.43 bits per heavy atom. The minimum absolute atomic E-state index is 0.0875. The molecule has 0 saturated heterocycles. The van der Waals surface area contributed by atoms with E-state index in [0.29, 0.717) is 18.4 Å². The summed E-state index contributed by atoms with van der Waals surface area (Å²) in [6, 6.07) is 10.2. The van der Waals surface area contributed by atoms with Crippen LogP contribution < -0.4 is 5.32 Å². The molecule has 1 aromatic carbocycles. The van der Waals surface area contributed by atoms with Crippen molar-refractivity contribution < 1.29 is 9.90 Å². The second kappa shape index (κ2) is 6.06. The minimum atomic E-state index is -0.378. The van der Waals surface area contributed by atoms with Crippen LogP contribution in [-0.2, 0) is 0 Å². The molecule has 1 aromatic rings. The zero-order chi connectivity index (χ0) is 14.8. The first kappa shape index (κ1) is 14.4. The van der Waals surface area contributed by atoms with E-state index in [9.17, 15) is 9.90 Å². The van der Waals surface area contributed by atoms with E-state index in [-0.39, 0.29) is 18.2 Å². The summed E-state index contributed by atoms with van der Waals surface area (Å²) in [5.74, 6) is 0.951. The number of hydrogen-bond acceptors (Lipinski definition) is 2. The van der Waals surface area contributed by atoms with Crippen molar-refractivity contribution in [1.82, 2.24) is 10.2 Å². The third kappa shape index (κ3) is 3.76. The van der Waals surface area contributed by atoms with E-state index in [1.807, 2.05) is 18.2 Å². The lowest BCUT2D eigenvalue weighted by molar-refractivity contribution is 0.112. The summed E-state index contributed by atoms with van der Waals surface area (Å²) >= 11 is 0. The summed E-state index contributed by atoms with van der Waals surface area (Å²) in [6.07, 6.45) is 4.15. The smallest absolute Gasteiger partial charge is 0.317 e. The van der Waals surface area contributed by atoms with Crippen molar-refractivity contribution >= 4 is 6.03 Å². The summed E-state index contributed by atoms with van der Waals surface area (Å²) in [5, 5.41) is 13.1. The number of hydrogen-bond donors (Lipinski definition) is 2. The second-order valence-electron chi connectivity index (χ2n) is 6.46. The van der Waals surface area contributed by atoms with Gasteiger partial charge in [0.2, 0.25) is 0 Å². The van der Waals surface area contributed by atoms with E-state index < -0.39 is 0 Å². The standard InChI is InChI=1S/C17H24N2O2/c1-19(11-15(20)12-7-8-12)17(21)18-16(14-9-10-14)13-5-3-2-4-6-13/h2-6,12,14-16,20H,7-11H2,1H3,(H,18,21). The zero-order valence-corrected chi connectivity index (χ0v) is 12.5. The molecular formula is C17H24N2O2. The van der Waals surface area contributed by atoms with Gasteiger partial charge < -0.3 is 15.3 Å². The van der Waals surface area contributed by atoms with E-state index in [4.69, 9.17) is 0 Å². The van der Waals surface area contributed by atoms with Gasteiger partial charge in [-0.1, -0.05) is 30.3 Å². The Labute approximate surface area is 126 Å². The van der Waals surface area contributed by atoms with Gasteiger partial charge in [0, 0.05) is 13.6 Å². The quantitative estimate of drug-likeness (QED) is 0.845. The van der Waals surface area contributed by atoms with Gasteiger partial charge in [-0.15, -0.1) is 0 Å². The second-order valence-corrected chi connectivity index (χ2v) is 6.46. The number of likely N-dealkylation sites (N-methyl/N-ethyl adjacent to an activating group) is 1. The van der Waals surface area contributed by atoms with Crippen LogP contribution in [0.3, 0.4) is 0 Å². The predicted molar refractivity (Wildman–Crippen MR) is 81.8 cm³/mol. The Bertz CT molecular complexity index is 483. The summed E-state index contributed by atoms with van der Waals surface area (Å²) in [7, 11) is 1.76. The molecule has 21 heavy (non-hydrogen) atoms. The molecule has 2 saturated carbocycles. The van der Waals surface area contributed by atoms with Crippen LogP contribution in [0.5, 0.6) is 0 Å². The Morgan fingerprint density at radius 2 is 1.86 bits per heavy atom. The molecule has 2 aliphatic rings. The molecule has 0 bridgehead atoms. The topological polar surface area (TPSA) is 52.6 Å². The molecule has 2 N–H and O–H groups in total. The first-order chi connectivity index (χ1) is 10.1. The largest absolute Gasteiger partial charge is 0.391 e.